The van der Waals surface area contributed by atoms with Crippen molar-refractivity contribution in [1.29, 1.82) is 5.26 Å². The Kier molecular flexibility index (Phi) is 4.02. The van der Waals surface area contributed by atoms with Crippen molar-refractivity contribution in [1.82, 2.24) is 0 Å². The molecule has 0 spiro atoms. The third-order valence-corrected chi connectivity index (χ3v) is 2.24. The van der Waals surface area contributed by atoms with E-state index in [-0.39, 0.29) is 0 Å². The largest absolute Gasteiger partial charge is 0.185 e. The monoisotopic (exact) mass is 191 g/mol. The van der Waals surface area contributed by atoms with Gasteiger partial charge >= 0.3 is 0 Å². The van der Waals surface area contributed by atoms with Crippen molar-refractivity contribution in [3.63, 3.8) is 0 Å². The van der Waals surface area contributed by atoms with Gasteiger partial charge in [0, 0.05) is 9.39 Å². The molecule has 0 aromatic heterocycles. The summed E-state index contributed by atoms with van der Waals surface area (Å²) in [5.74, 6) is 0. The molecule has 0 aromatic carbocycles. The maximum atomic E-state index is 8.14. The highest BCUT2D eigenvalue weighted by atomic mass is 79.9. The van der Waals surface area contributed by atoms with Crippen LogP contribution in [-0.2, 0) is 0 Å². The Bertz CT molecular complexity index is 141. The Morgan fingerprint density at radius 1 is 1.62 bits per heavy atom. The van der Waals surface area contributed by atoms with Crippen LogP contribution in [0.3, 0.4) is 0 Å². The van der Waals surface area contributed by atoms with Crippen LogP contribution >= 0.6 is 27.7 Å². The normalized spacial score (nSPS) is 12.2. The van der Waals surface area contributed by atoms with Crippen molar-refractivity contribution in [2.75, 3.05) is 0 Å². The molecule has 3 heteroatoms. The van der Waals surface area contributed by atoms with E-state index in [9.17, 15) is 0 Å². The summed E-state index contributed by atoms with van der Waals surface area (Å²) in [7, 11) is 0. The lowest BCUT2D eigenvalue weighted by molar-refractivity contribution is 1.55. The van der Waals surface area contributed by atoms with Gasteiger partial charge in [-0.25, -0.2) is 0 Å². The van der Waals surface area contributed by atoms with Crippen LogP contribution in [0.5, 0.6) is 0 Å². The molecule has 0 atom stereocenters. The fraction of sp³-hybridized carbons (Fsp3) is 0.400. The molecule has 0 aliphatic rings. The maximum absolute atomic E-state index is 8.14. The number of hydrogen-bond acceptors (Lipinski definition) is 2. The summed E-state index contributed by atoms with van der Waals surface area (Å²) in [4.78, 5) is 1.02. The van der Waals surface area contributed by atoms with Crippen LogP contribution in [0.4, 0.5) is 0 Å². The third kappa shape index (κ3) is 3.11. The van der Waals surface area contributed by atoms with Gasteiger partial charge < -0.3 is 0 Å². The zero-order valence-corrected chi connectivity index (χ0v) is 7.14. The minimum atomic E-state index is 1.02. The molecular formula is C5H6BrNS. The van der Waals surface area contributed by atoms with Crippen LogP contribution in [0.1, 0.15) is 13.8 Å². The molecular weight excluding hydrogens is 186 g/mol. The van der Waals surface area contributed by atoms with Gasteiger partial charge in [-0.15, -0.1) is 0 Å². The van der Waals surface area contributed by atoms with E-state index in [2.05, 4.69) is 15.9 Å². The van der Waals surface area contributed by atoms with E-state index in [0.29, 0.717) is 0 Å². The van der Waals surface area contributed by atoms with E-state index in [0.717, 1.165) is 9.39 Å². The summed E-state index contributed by atoms with van der Waals surface area (Å²) in [6.07, 6.45) is 0. The molecule has 0 saturated carbocycles. The molecule has 0 radical (unpaired) electrons. The van der Waals surface area contributed by atoms with E-state index in [1.807, 2.05) is 19.2 Å². The molecule has 8 heavy (non-hydrogen) atoms. The number of allylic oxidation sites excluding steroid dienone is 2. The van der Waals surface area contributed by atoms with Crippen molar-refractivity contribution in [2.45, 2.75) is 13.8 Å². The predicted molar refractivity (Wildman–Crippen MR) is 40.5 cm³/mol. The fourth-order valence-electron chi connectivity index (χ4n) is 0.139. The van der Waals surface area contributed by atoms with Crippen molar-refractivity contribution in [3.8, 4) is 5.40 Å². The second kappa shape index (κ2) is 3.99. The zero-order chi connectivity index (χ0) is 6.57. The lowest BCUT2D eigenvalue weighted by Gasteiger charge is -1.89. The van der Waals surface area contributed by atoms with Crippen molar-refractivity contribution in [2.24, 2.45) is 0 Å². The molecule has 0 aromatic rings. The summed E-state index contributed by atoms with van der Waals surface area (Å²) in [5.41, 5.74) is 0. The molecule has 1 nitrogen and oxygen atoms in total. The van der Waals surface area contributed by atoms with Crippen molar-refractivity contribution >= 4 is 27.7 Å². The number of halogens is 1. The molecule has 0 bridgehead atoms. The van der Waals surface area contributed by atoms with E-state index >= 15 is 0 Å². The highest BCUT2D eigenvalue weighted by Gasteiger charge is 1.90. The van der Waals surface area contributed by atoms with Gasteiger partial charge in [-0.1, -0.05) is 15.9 Å². The summed E-state index contributed by atoms with van der Waals surface area (Å²) in [5, 5.41) is 10.1. The Hall–Kier alpha value is 0.0600. The first-order valence-electron chi connectivity index (χ1n) is 2.07. The summed E-state index contributed by atoms with van der Waals surface area (Å²) >= 11 is 4.43. The van der Waals surface area contributed by atoms with Gasteiger partial charge in [0.15, 0.2) is 0 Å². The van der Waals surface area contributed by atoms with Gasteiger partial charge in [-0.05, 0) is 25.6 Å². The molecule has 0 rings (SSSR count). The number of hydrogen-bond donors (Lipinski definition) is 0. The number of nitriles is 1. The minimum Gasteiger partial charge on any atom is -0.185 e. The van der Waals surface area contributed by atoms with E-state index in [1.54, 1.807) is 0 Å². The second-order valence-corrected chi connectivity index (χ2v) is 3.47. The van der Waals surface area contributed by atoms with Gasteiger partial charge in [0.05, 0.1) is 0 Å². The molecule has 44 valence electrons. The average molecular weight is 192 g/mol. The summed E-state index contributed by atoms with van der Waals surface area (Å²) in [6, 6.07) is 0. The molecule has 0 fully saturated rings. The molecule has 0 aliphatic carbocycles. The van der Waals surface area contributed by atoms with Gasteiger partial charge in [-0.2, -0.15) is 5.26 Å². The fourth-order valence-corrected chi connectivity index (χ4v) is 0.659. The van der Waals surface area contributed by atoms with Crippen molar-refractivity contribution in [3.05, 3.63) is 9.39 Å². The first kappa shape index (κ1) is 8.06. The van der Waals surface area contributed by atoms with Crippen LogP contribution in [0.15, 0.2) is 9.39 Å². The Labute approximate surface area is 61.9 Å². The summed E-state index contributed by atoms with van der Waals surface area (Å²) in [6.45, 7) is 3.82. The van der Waals surface area contributed by atoms with Gasteiger partial charge in [0.1, 0.15) is 5.40 Å². The minimum absolute atomic E-state index is 1.02. The number of rotatable bonds is 1. The standard InChI is InChI=1S/C5H6BrNS/c1-4(6)5(2)8-3-7/h1-2H3/b5-4+. The smallest absolute Gasteiger partial charge is 0.138 e. The Morgan fingerprint density at radius 2 is 2.12 bits per heavy atom. The molecule has 0 heterocycles. The molecule has 0 unspecified atom stereocenters. The third-order valence-electron chi connectivity index (χ3n) is 0.684. The number of thioether (sulfide) groups is 1. The Morgan fingerprint density at radius 3 is 2.25 bits per heavy atom. The van der Waals surface area contributed by atoms with E-state index in [4.69, 9.17) is 5.26 Å². The van der Waals surface area contributed by atoms with E-state index < -0.39 is 0 Å². The summed E-state index contributed by atoms with van der Waals surface area (Å²) < 4.78 is 1.03. The van der Waals surface area contributed by atoms with Crippen LogP contribution in [0.25, 0.3) is 0 Å². The second-order valence-electron chi connectivity index (χ2n) is 1.28. The highest BCUT2D eigenvalue weighted by molar-refractivity contribution is 9.11. The SMILES string of the molecule is C/C(Br)=C(/C)SC#N. The molecule has 0 aliphatic heterocycles. The van der Waals surface area contributed by atoms with Crippen LogP contribution < -0.4 is 0 Å². The highest BCUT2D eigenvalue weighted by Crippen LogP contribution is 2.20. The van der Waals surface area contributed by atoms with Crippen molar-refractivity contribution < 1.29 is 0 Å². The number of nitrogens with zero attached hydrogens (tertiary/aromatic N) is 1. The lowest BCUT2D eigenvalue weighted by atomic mass is 10.6. The van der Waals surface area contributed by atoms with Gasteiger partial charge in [-0.3, -0.25) is 0 Å². The topological polar surface area (TPSA) is 23.8 Å². The first-order chi connectivity index (χ1) is 3.68. The quantitative estimate of drug-likeness (QED) is 0.596. The van der Waals surface area contributed by atoms with Gasteiger partial charge in [0.2, 0.25) is 0 Å². The van der Waals surface area contributed by atoms with Crippen LogP contribution in [0, 0.1) is 10.7 Å². The first-order valence-corrected chi connectivity index (χ1v) is 3.68. The number of thiocyanates is 1. The van der Waals surface area contributed by atoms with Gasteiger partial charge in [0.25, 0.3) is 0 Å². The predicted octanol–water partition coefficient (Wildman–Crippen LogP) is 2.85. The Balaban J connectivity index is 3.85. The zero-order valence-electron chi connectivity index (χ0n) is 4.73. The van der Waals surface area contributed by atoms with E-state index in [1.165, 1.54) is 11.8 Å². The maximum Gasteiger partial charge on any atom is 0.138 e. The lowest BCUT2D eigenvalue weighted by Crippen LogP contribution is -1.64. The average Bonchev–Trinajstić information content (AvgIpc) is 1.67. The molecule has 0 saturated heterocycles. The van der Waals surface area contributed by atoms with Crippen LogP contribution in [-0.4, -0.2) is 0 Å². The molecule has 0 N–H and O–H groups in total. The molecule has 0 amide bonds. The van der Waals surface area contributed by atoms with Crippen LogP contribution in [0.2, 0.25) is 0 Å².